The van der Waals surface area contributed by atoms with E-state index in [0.717, 1.165) is 0 Å². The zero-order valence-corrected chi connectivity index (χ0v) is 13.3. The van der Waals surface area contributed by atoms with Crippen LogP contribution in [0.25, 0.3) is 0 Å². The Hall–Kier alpha value is -1.67. The van der Waals surface area contributed by atoms with Crippen molar-refractivity contribution in [3.63, 3.8) is 0 Å². The minimum atomic E-state index is 0.300. The first kappa shape index (κ1) is 15.7. The average Bonchev–Trinajstić information content (AvgIpc) is 2.54. The minimum absolute atomic E-state index is 0.300. The normalized spacial score (nSPS) is 13.9. The second-order valence-electron chi connectivity index (χ2n) is 5.74. The van der Waals surface area contributed by atoms with E-state index in [9.17, 15) is 0 Å². The zero-order valence-electron chi connectivity index (χ0n) is 13.3. The Labute approximate surface area is 128 Å². The Morgan fingerprint density at radius 3 is 2.33 bits per heavy atom. The van der Waals surface area contributed by atoms with Crippen molar-refractivity contribution in [2.45, 2.75) is 52.1 Å². The van der Waals surface area contributed by atoms with E-state index >= 15 is 0 Å². The SMILES string of the molecule is CCCCc1ccc(C(C)N[C@@H](C)c2cccnc2)cc1. The molecule has 2 nitrogen and oxygen atoms in total. The second-order valence-corrected chi connectivity index (χ2v) is 5.74. The van der Waals surface area contributed by atoms with Crippen LogP contribution in [0.5, 0.6) is 0 Å². The first-order valence-electron chi connectivity index (χ1n) is 7.95. The minimum Gasteiger partial charge on any atom is -0.304 e. The molecule has 0 aliphatic rings. The molecule has 0 bridgehead atoms. The van der Waals surface area contributed by atoms with Crippen LogP contribution in [0.4, 0.5) is 0 Å². The maximum atomic E-state index is 4.19. The molecule has 1 aromatic carbocycles. The van der Waals surface area contributed by atoms with Crippen LogP contribution in [0.3, 0.4) is 0 Å². The summed E-state index contributed by atoms with van der Waals surface area (Å²) in [6, 6.07) is 13.8. The van der Waals surface area contributed by atoms with E-state index in [4.69, 9.17) is 0 Å². The van der Waals surface area contributed by atoms with Crippen LogP contribution in [0.1, 0.15) is 62.4 Å². The molecule has 0 spiro atoms. The lowest BCUT2D eigenvalue weighted by Gasteiger charge is -2.20. The van der Waals surface area contributed by atoms with Gasteiger partial charge in [0.2, 0.25) is 0 Å². The van der Waals surface area contributed by atoms with Gasteiger partial charge in [-0.15, -0.1) is 0 Å². The molecule has 0 aliphatic carbocycles. The lowest BCUT2D eigenvalue weighted by atomic mass is 10.0. The molecule has 112 valence electrons. The molecule has 1 aromatic heterocycles. The molecule has 1 heterocycles. The van der Waals surface area contributed by atoms with Crippen molar-refractivity contribution in [2.24, 2.45) is 0 Å². The van der Waals surface area contributed by atoms with Gasteiger partial charge in [0.15, 0.2) is 0 Å². The van der Waals surface area contributed by atoms with Gasteiger partial charge in [0.05, 0.1) is 0 Å². The van der Waals surface area contributed by atoms with Crippen molar-refractivity contribution < 1.29 is 0 Å². The van der Waals surface area contributed by atoms with Crippen LogP contribution in [0.15, 0.2) is 48.8 Å². The molecule has 2 aromatic rings. The number of rotatable bonds is 7. The van der Waals surface area contributed by atoms with E-state index in [1.807, 2.05) is 18.5 Å². The average molecular weight is 282 g/mol. The summed E-state index contributed by atoms with van der Waals surface area (Å²) in [5.41, 5.74) is 4.00. The van der Waals surface area contributed by atoms with Crippen molar-refractivity contribution in [2.75, 3.05) is 0 Å². The fourth-order valence-corrected chi connectivity index (χ4v) is 2.55. The van der Waals surface area contributed by atoms with E-state index in [1.165, 1.54) is 36.0 Å². The Kier molecular flexibility index (Phi) is 5.94. The largest absolute Gasteiger partial charge is 0.304 e. The number of aryl methyl sites for hydroxylation is 1. The number of aromatic nitrogens is 1. The monoisotopic (exact) mass is 282 g/mol. The number of nitrogens with zero attached hydrogens (tertiary/aromatic N) is 1. The van der Waals surface area contributed by atoms with E-state index in [1.54, 1.807) is 0 Å². The molecule has 0 saturated carbocycles. The molecular weight excluding hydrogens is 256 g/mol. The summed E-state index contributed by atoms with van der Waals surface area (Å²) in [4.78, 5) is 4.19. The maximum Gasteiger partial charge on any atom is 0.0315 e. The van der Waals surface area contributed by atoms with Crippen molar-refractivity contribution in [1.29, 1.82) is 0 Å². The number of unbranched alkanes of at least 4 members (excludes halogenated alkanes) is 1. The van der Waals surface area contributed by atoms with Crippen molar-refractivity contribution in [3.8, 4) is 0 Å². The van der Waals surface area contributed by atoms with Crippen molar-refractivity contribution >= 4 is 0 Å². The third kappa shape index (κ3) is 4.68. The Balaban J connectivity index is 1.95. The molecule has 2 atom stereocenters. The summed E-state index contributed by atoms with van der Waals surface area (Å²) in [7, 11) is 0. The van der Waals surface area contributed by atoms with E-state index < -0.39 is 0 Å². The third-order valence-electron chi connectivity index (χ3n) is 3.98. The van der Waals surface area contributed by atoms with E-state index in [-0.39, 0.29) is 0 Å². The lowest BCUT2D eigenvalue weighted by molar-refractivity contribution is 0.493. The Morgan fingerprint density at radius 2 is 1.71 bits per heavy atom. The molecule has 0 radical (unpaired) electrons. The number of pyridine rings is 1. The Bertz CT molecular complexity index is 519. The molecule has 0 aliphatic heterocycles. The molecule has 0 saturated heterocycles. The molecule has 21 heavy (non-hydrogen) atoms. The fourth-order valence-electron chi connectivity index (χ4n) is 2.55. The number of hydrogen-bond donors (Lipinski definition) is 1. The number of benzene rings is 1. The smallest absolute Gasteiger partial charge is 0.0315 e. The van der Waals surface area contributed by atoms with Crippen LogP contribution >= 0.6 is 0 Å². The lowest BCUT2D eigenvalue weighted by Crippen LogP contribution is -2.22. The molecule has 2 heteroatoms. The number of hydrogen-bond acceptors (Lipinski definition) is 2. The fraction of sp³-hybridized carbons (Fsp3) is 0.421. The van der Waals surface area contributed by atoms with Crippen LogP contribution < -0.4 is 5.32 Å². The topological polar surface area (TPSA) is 24.9 Å². The molecule has 1 unspecified atom stereocenters. The van der Waals surface area contributed by atoms with Gasteiger partial charge in [-0.2, -0.15) is 0 Å². The molecule has 0 amide bonds. The predicted molar refractivity (Wildman–Crippen MR) is 89.3 cm³/mol. The van der Waals surface area contributed by atoms with Gasteiger partial charge in [-0.3, -0.25) is 4.98 Å². The van der Waals surface area contributed by atoms with Crippen LogP contribution in [-0.2, 0) is 6.42 Å². The van der Waals surface area contributed by atoms with Crippen LogP contribution in [0.2, 0.25) is 0 Å². The first-order chi connectivity index (χ1) is 10.2. The van der Waals surface area contributed by atoms with Gasteiger partial charge >= 0.3 is 0 Å². The third-order valence-corrected chi connectivity index (χ3v) is 3.98. The highest BCUT2D eigenvalue weighted by Gasteiger charge is 2.11. The maximum absolute atomic E-state index is 4.19. The van der Waals surface area contributed by atoms with Gasteiger partial charge in [0.1, 0.15) is 0 Å². The standard InChI is InChI=1S/C19H26N2/c1-4-5-7-17-9-11-18(12-10-17)15(2)21-16(3)19-8-6-13-20-14-19/h6,8-16,21H,4-5,7H2,1-3H3/t15?,16-/m0/s1. The van der Waals surface area contributed by atoms with Gasteiger partial charge in [0, 0.05) is 24.5 Å². The first-order valence-corrected chi connectivity index (χ1v) is 7.95. The summed E-state index contributed by atoms with van der Waals surface area (Å²) >= 11 is 0. The highest BCUT2D eigenvalue weighted by atomic mass is 14.9. The molecule has 1 N–H and O–H groups in total. The van der Waals surface area contributed by atoms with Crippen LogP contribution in [0, 0.1) is 0 Å². The van der Waals surface area contributed by atoms with Crippen molar-refractivity contribution in [3.05, 3.63) is 65.5 Å². The number of nitrogens with one attached hydrogen (secondary N) is 1. The quantitative estimate of drug-likeness (QED) is 0.786. The van der Waals surface area contributed by atoms with E-state index in [0.29, 0.717) is 12.1 Å². The highest BCUT2D eigenvalue weighted by molar-refractivity contribution is 5.25. The molecular formula is C19H26N2. The molecule has 2 rings (SSSR count). The van der Waals surface area contributed by atoms with Gasteiger partial charge in [-0.1, -0.05) is 43.7 Å². The second kappa shape index (κ2) is 7.94. The van der Waals surface area contributed by atoms with E-state index in [2.05, 4.69) is 61.4 Å². The van der Waals surface area contributed by atoms with Gasteiger partial charge < -0.3 is 5.32 Å². The summed E-state index contributed by atoms with van der Waals surface area (Å²) < 4.78 is 0. The zero-order chi connectivity index (χ0) is 15.1. The van der Waals surface area contributed by atoms with Gasteiger partial charge in [-0.05, 0) is 49.4 Å². The van der Waals surface area contributed by atoms with Crippen LogP contribution in [-0.4, -0.2) is 4.98 Å². The summed E-state index contributed by atoms with van der Waals surface area (Å²) in [5, 5.41) is 3.64. The van der Waals surface area contributed by atoms with Gasteiger partial charge in [0.25, 0.3) is 0 Å². The Morgan fingerprint density at radius 1 is 1.00 bits per heavy atom. The summed E-state index contributed by atoms with van der Waals surface area (Å²) in [5.74, 6) is 0. The summed E-state index contributed by atoms with van der Waals surface area (Å²) in [6.07, 6.45) is 7.45. The summed E-state index contributed by atoms with van der Waals surface area (Å²) in [6.45, 7) is 6.64. The van der Waals surface area contributed by atoms with Crippen molar-refractivity contribution in [1.82, 2.24) is 10.3 Å². The highest BCUT2D eigenvalue weighted by Crippen LogP contribution is 2.19. The molecule has 0 fully saturated rings. The predicted octanol–water partition coefficient (Wildman–Crippen LogP) is 4.84. The van der Waals surface area contributed by atoms with Gasteiger partial charge in [-0.25, -0.2) is 0 Å².